The molecular weight excluding hydrogens is 238 g/mol. The molecule has 0 atom stereocenters. The Hall–Kier alpha value is -1.11. The van der Waals surface area contributed by atoms with Crippen molar-refractivity contribution >= 4 is 15.9 Å². The maximum atomic E-state index is 11.9. The number of benzene rings is 1. The first-order valence-electron chi connectivity index (χ1n) is 5.57. The molecule has 2 rings (SSSR count). The molecule has 1 fully saturated rings. The highest BCUT2D eigenvalue weighted by Gasteiger charge is 2.36. The fraction of sp³-hybridized carbons (Fsp3) is 0.455. The van der Waals surface area contributed by atoms with Gasteiger partial charge in [0, 0.05) is 25.3 Å². The maximum absolute atomic E-state index is 11.9. The van der Waals surface area contributed by atoms with Crippen molar-refractivity contribution in [1.82, 2.24) is 9.03 Å². The molecule has 94 valence electrons. The zero-order valence-electron chi connectivity index (χ0n) is 9.76. The molecule has 0 aromatic heterocycles. The summed E-state index contributed by atoms with van der Waals surface area (Å²) in [6, 6.07) is 7.45. The third-order valence-electron chi connectivity index (χ3n) is 2.81. The molecule has 1 aromatic carbocycles. The number of nitrogen functional groups attached to an aromatic ring is 1. The van der Waals surface area contributed by atoms with Gasteiger partial charge in [-0.2, -0.15) is 12.7 Å². The average Bonchev–Trinajstić information content (AvgIpc) is 3.10. The molecular formula is C11H17N3O2S. The highest BCUT2D eigenvalue weighted by molar-refractivity contribution is 7.87. The van der Waals surface area contributed by atoms with Crippen LogP contribution in [-0.4, -0.2) is 25.8 Å². The lowest BCUT2D eigenvalue weighted by molar-refractivity contribution is 0.393. The van der Waals surface area contributed by atoms with Crippen molar-refractivity contribution in [3.63, 3.8) is 0 Å². The molecule has 6 heteroatoms. The monoisotopic (exact) mass is 255 g/mol. The van der Waals surface area contributed by atoms with Gasteiger partial charge in [0.1, 0.15) is 0 Å². The molecule has 3 N–H and O–H groups in total. The van der Waals surface area contributed by atoms with Gasteiger partial charge in [-0.15, -0.1) is 0 Å². The SMILES string of the molecule is CNS(=O)(=O)N(Cc1cccc(N)c1)C1CC1. The van der Waals surface area contributed by atoms with Crippen molar-refractivity contribution in [1.29, 1.82) is 0 Å². The summed E-state index contributed by atoms with van der Waals surface area (Å²) < 4.78 is 27.6. The third kappa shape index (κ3) is 2.96. The Labute approximate surface area is 102 Å². The van der Waals surface area contributed by atoms with Crippen molar-refractivity contribution in [2.75, 3.05) is 12.8 Å². The Kier molecular flexibility index (Phi) is 3.37. The van der Waals surface area contributed by atoms with Crippen LogP contribution >= 0.6 is 0 Å². The van der Waals surface area contributed by atoms with Gasteiger partial charge in [0.05, 0.1) is 0 Å². The van der Waals surface area contributed by atoms with Gasteiger partial charge in [-0.3, -0.25) is 0 Å². The summed E-state index contributed by atoms with van der Waals surface area (Å²) in [5, 5.41) is 0. The molecule has 5 nitrogen and oxygen atoms in total. The van der Waals surface area contributed by atoms with Crippen molar-refractivity contribution in [2.45, 2.75) is 25.4 Å². The molecule has 1 aliphatic carbocycles. The Balaban J connectivity index is 2.19. The lowest BCUT2D eigenvalue weighted by atomic mass is 10.2. The normalized spacial score (nSPS) is 16.4. The van der Waals surface area contributed by atoms with Crippen LogP contribution in [0.5, 0.6) is 0 Å². The zero-order chi connectivity index (χ0) is 12.5. The third-order valence-corrected chi connectivity index (χ3v) is 4.37. The van der Waals surface area contributed by atoms with E-state index < -0.39 is 10.2 Å². The van der Waals surface area contributed by atoms with E-state index >= 15 is 0 Å². The second kappa shape index (κ2) is 4.64. The first kappa shape index (κ1) is 12.3. The van der Waals surface area contributed by atoms with E-state index in [0.29, 0.717) is 12.2 Å². The fourth-order valence-corrected chi connectivity index (χ4v) is 2.92. The number of nitrogens with one attached hydrogen (secondary N) is 1. The number of hydrogen-bond donors (Lipinski definition) is 2. The molecule has 0 amide bonds. The van der Waals surface area contributed by atoms with Crippen molar-refractivity contribution in [2.24, 2.45) is 0 Å². The Bertz CT molecular complexity index is 497. The van der Waals surface area contributed by atoms with Crippen LogP contribution < -0.4 is 10.5 Å². The summed E-state index contributed by atoms with van der Waals surface area (Å²) >= 11 is 0. The van der Waals surface area contributed by atoms with Gasteiger partial charge in [0.2, 0.25) is 0 Å². The highest BCUT2D eigenvalue weighted by atomic mass is 32.2. The van der Waals surface area contributed by atoms with E-state index in [4.69, 9.17) is 5.73 Å². The minimum absolute atomic E-state index is 0.133. The molecule has 0 saturated heterocycles. The van der Waals surface area contributed by atoms with E-state index in [2.05, 4.69) is 4.72 Å². The lowest BCUT2D eigenvalue weighted by Gasteiger charge is -2.21. The van der Waals surface area contributed by atoms with Crippen LogP contribution in [0.3, 0.4) is 0 Å². The van der Waals surface area contributed by atoms with Gasteiger partial charge >= 0.3 is 0 Å². The zero-order valence-corrected chi connectivity index (χ0v) is 10.6. The van der Waals surface area contributed by atoms with Crippen molar-refractivity contribution < 1.29 is 8.42 Å². The topological polar surface area (TPSA) is 75.4 Å². The summed E-state index contributed by atoms with van der Waals surface area (Å²) in [7, 11) is -1.93. The van der Waals surface area contributed by atoms with E-state index in [-0.39, 0.29) is 6.04 Å². The molecule has 0 bridgehead atoms. The number of hydrogen-bond acceptors (Lipinski definition) is 3. The molecule has 0 radical (unpaired) electrons. The molecule has 0 aliphatic heterocycles. The predicted octanol–water partition coefficient (Wildman–Crippen LogP) is 0.697. The number of rotatable bonds is 5. The van der Waals surface area contributed by atoms with E-state index in [1.807, 2.05) is 12.1 Å². The van der Waals surface area contributed by atoms with Crippen LogP contribution in [0, 0.1) is 0 Å². The highest BCUT2D eigenvalue weighted by Crippen LogP contribution is 2.30. The summed E-state index contributed by atoms with van der Waals surface area (Å²) in [6.07, 6.45) is 1.87. The Morgan fingerprint density at radius 2 is 2.18 bits per heavy atom. The van der Waals surface area contributed by atoms with Crippen LogP contribution in [0.25, 0.3) is 0 Å². The Morgan fingerprint density at radius 1 is 1.47 bits per heavy atom. The van der Waals surface area contributed by atoms with Crippen LogP contribution in [0.1, 0.15) is 18.4 Å². The maximum Gasteiger partial charge on any atom is 0.279 e. The molecule has 1 saturated carbocycles. The minimum atomic E-state index is -3.37. The van der Waals surface area contributed by atoms with E-state index in [9.17, 15) is 8.42 Å². The predicted molar refractivity (Wildman–Crippen MR) is 67.4 cm³/mol. The molecule has 1 aliphatic rings. The van der Waals surface area contributed by atoms with E-state index in [1.54, 1.807) is 12.1 Å². The fourth-order valence-electron chi connectivity index (χ4n) is 1.76. The van der Waals surface area contributed by atoms with Crippen molar-refractivity contribution in [3.8, 4) is 0 Å². The molecule has 0 spiro atoms. The van der Waals surface area contributed by atoms with Gasteiger partial charge in [-0.25, -0.2) is 4.72 Å². The summed E-state index contributed by atoms with van der Waals surface area (Å²) in [5.74, 6) is 0. The van der Waals surface area contributed by atoms with Crippen LogP contribution in [0.2, 0.25) is 0 Å². The van der Waals surface area contributed by atoms with Gasteiger partial charge in [-0.05, 0) is 30.5 Å². The Morgan fingerprint density at radius 3 is 2.71 bits per heavy atom. The standard InChI is InChI=1S/C11H17N3O2S/c1-13-17(15,16)14(11-5-6-11)8-9-3-2-4-10(12)7-9/h2-4,7,11,13H,5-6,8,12H2,1H3. The van der Waals surface area contributed by atoms with Gasteiger partial charge < -0.3 is 5.73 Å². The second-order valence-electron chi connectivity index (χ2n) is 4.23. The lowest BCUT2D eigenvalue weighted by Crippen LogP contribution is -2.39. The first-order chi connectivity index (χ1) is 8.03. The first-order valence-corrected chi connectivity index (χ1v) is 7.01. The second-order valence-corrected chi connectivity index (χ2v) is 6.06. The average molecular weight is 255 g/mol. The number of nitrogens with zero attached hydrogens (tertiary/aromatic N) is 1. The minimum Gasteiger partial charge on any atom is -0.399 e. The number of anilines is 1. The van der Waals surface area contributed by atoms with Crippen LogP contribution in [0.15, 0.2) is 24.3 Å². The van der Waals surface area contributed by atoms with Gasteiger partial charge in [0.15, 0.2) is 0 Å². The smallest absolute Gasteiger partial charge is 0.279 e. The summed E-state index contributed by atoms with van der Waals surface area (Å²) in [4.78, 5) is 0. The number of nitrogens with two attached hydrogens (primary N) is 1. The van der Waals surface area contributed by atoms with Crippen molar-refractivity contribution in [3.05, 3.63) is 29.8 Å². The van der Waals surface area contributed by atoms with E-state index in [1.165, 1.54) is 11.4 Å². The van der Waals surface area contributed by atoms with Gasteiger partial charge in [0.25, 0.3) is 10.2 Å². The molecule has 1 aromatic rings. The largest absolute Gasteiger partial charge is 0.399 e. The van der Waals surface area contributed by atoms with E-state index in [0.717, 1.165) is 18.4 Å². The van der Waals surface area contributed by atoms with Crippen LogP contribution in [0.4, 0.5) is 5.69 Å². The molecule has 0 unspecified atom stereocenters. The van der Waals surface area contributed by atoms with Crippen LogP contribution in [-0.2, 0) is 16.8 Å². The van der Waals surface area contributed by atoms with Gasteiger partial charge in [-0.1, -0.05) is 12.1 Å². The summed E-state index contributed by atoms with van der Waals surface area (Å²) in [6.45, 7) is 0.374. The molecule has 0 heterocycles. The summed E-state index contributed by atoms with van der Waals surface area (Å²) in [5.41, 5.74) is 7.25. The quantitative estimate of drug-likeness (QED) is 0.760. The molecule has 17 heavy (non-hydrogen) atoms.